The quantitative estimate of drug-likeness (QED) is 0.383. The lowest BCUT2D eigenvalue weighted by Crippen LogP contribution is -2.24. The molecule has 0 saturated carbocycles. The third kappa shape index (κ3) is 2.81. The second-order valence-electron chi connectivity index (χ2n) is 5.18. The predicted molar refractivity (Wildman–Crippen MR) is 82.6 cm³/mol. The molecule has 5 heteroatoms. The van der Waals surface area contributed by atoms with E-state index in [9.17, 15) is 0 Å². The van der Waals surface area contributed by atoms with Gasteiger partial charge in [0.05, 0.1) is 0 Å². The van der Waals surface area contributed by atoms with E-state index in [1.807, 2.05) is 6.07 Å². The number of hydrogen-bond acceptors (Lipinski definition) is 4. The molecule has 5 nitrogen and oxygen atoms in total. The van der Waals surface area contributed by atoms with E-state index >= 15 is 0 Å². The molecule has 2 aromatic rings. The molecular formula is C16H18N4O. The summed E-state index contributed by atoms with van der Waals surface area (Å²) in [6.07, 6.45) is 3.87. The van der Waals surface area contributed by atoms with E-state index in [1.54, 1.807) is 12.3 Å². The van der Waals surface area contributed by atoms with Crippen LogP contribution in [-0.2, 0) is 13.0 Å². The molecule has 0 fully saturated rings. The van der Waals surface area contributed by atoms with Crippen molar-refractivity contribution in [1.29, 1.82) is 0 Å². The Hall–Kier alpha value is -2.56. The summed E-state index contributed by atoms with van der Waals surface area (Å²) in [6, 6.07) is 12.1. The Bertz CT molecular complexity index is 669. The van der Waals surface area contributed by atoms with Gasteiger partial charge in [-0.2, -0.15) is 0 Å². The highest BCUT2D eigenvalue weighted by atomic mass is 16.4. The summed E-state index contributed by atoms with van der Waals surface area (Å²) in [5.74, 6) is 0.963. The van der Waals surface area contributed by atoms with Crippen molar-refractivity contribution in [2.75, 3.05) is 11.4 Å². The number of pyridine rings is 1. The van der Waals surface area contributed by atoms with Crippen LogP contribution >= 0.6 is 0 Å². The van der Waals surface area contributed by atoms with E-state index in [-0.39, 0.29) is 5.84 Å². The van der Waals surface area contributed by atoms with Gasteiger partial charge in [0.25, 0.3) is 0 Å². The smallest absolute Gasteiger partial charge is 0.170 e. The van der Waals surface area contributed by atoms with Crippen molar-refractivity contribution in [3.8, 4) is 0 Å². The third-order valence-corrected chi connectivity index (χ3v) is 3.83. The zero-order valence-electron chi connectivity index (χ0n) is 11.7. The first-order valence-electron chi connectivity index (χ1n) is 7.03. The number of aromatic nitrogens is 1. The molecule has 0 aliphatic carbocycles. The van der Waals surface area contributed by atoms with Crippen molar-refractivity contribution >= 4 is 11.7 Å². The SMILES string of the molecule is NC(=NO)c1ccnc(N2CCCc3ccccc3C2)c1. The van der Waals surface area contributed by atoms with Gasteiger partial charge in [-0.05, 0) is 36.1 Å². The number of nitrogens with zero attached hydrogens (tertiary/aromatic N) is 3. The molecule has 0 atom stereocenters. The van der Waals surface area contributed by atoms with Crippen molar-refractivity contribution in [3.63, 3.8) is 0 Å². The van der Waals surface area contributed by atoms with E-state index in [0.717, 1.165) is 31.7 Å². The topological polar surface area (TPSA) is 74.7 Å². The number of amidine groups is 1. The van der Waals surface area contributed by atoms with E-state index in [4.69, 9.17) is 10.9 Å². The average Bonchev–Trinajstić information content (AvgIpc) is 2.76. The first-order valence-corrected chi connectivity index (χ1v) is 7.03. The lowest BCUT2D eigenvalue weighted by atomic mass is 10.0. The second kappa shape index (κ2) is 5.83. The van der Waals surface area contributed by atoms with Gasteiger partial charge in [-0.1, -0.05) is 29.4 Å². The molecule has 108 valence electrons. The summed E-state index contributed by atoms with van der Waals surface area (Å²) in [4.78, 5) is 6.66. The number of benzene rings is 1. The third-order valence-electron chi connectivity index (χ3n) is 3.83. The first-order chi connectivity index (χ1) is 10.3. The number of anilines is 1. The van der Waals surface area contributed by atoms with Gasteiger partial charge in [0, 0.05) is 24.8 Å². The molecule has 1 aliphatic rings. The van der Waals surface area contributed by atoms with Gasteiger partial charge in [0.2, 0.25) is 0 Å². The molecule has 2 heterocycles. The molecule has 1 aromatic heterocycles. The molecular weight excluding hydrogens is 264 g/mol. The number of fused-ring (bicyclic) bond motifs is 1. The van der Waals surface area contributed by atoms with Gasteiger partial charge in [-0.3, -0.25) is 0 Å². The molecule has 0 bridgehead atoms. The summed E-state index contributed by atoms with van der Waals surface area (Å²) in [7, 11) is 0. The highest BCUT2D eigenvalue weighted by Gasteiger charge is 2.16. The molecule has 3 rings (SSSR count). The second-order valence-corrected chi connectivity index (χ2v) is 5.18. The molecule has 0 unspecified atom stereocenters. The van der Waals surface area contributed by atoms with Crippen LogP contribution in [0.4, 0.5) is 5.82 Å². The van der Waals surface area contributed by atoms with Gasteiger partial charge in [0.1, 0.15) is 5.82 Å². The number of hydrogen-bond donors (Lipinski definition) is 2. The van der Waals surface area contributed by atoms with Gasteiger partial charge >= 0.3 is 0 Å². The summed E-state index contributed by atoms with van der Waals surface area (Å²) in [5, 5.41) is 11.8. The molecule has 3 N–H and O–H groups in total. The van der Waals surface area contributed by atoms with Crippen LogP contribution in [0.5, 0.6) is 0 Å². The maximum atomic E-state index is 8.79. The summed E-state index contributed by atoms with van der Waals surface area (Å²) >= 11 is 0. The lowest BCUT2D eigenvalue weighted by Gasteiger charge is -2.22. The van der Waals surface area contributed by atoms with E-state index in [1.165, 1.54) is 11.1 Å². The monoisotopic (exact) mass is 282 g/mol. The highest BCUT2D eigenvalue weighted by molar-refractivity contribution is 5.97. The Morgan fingerprint density at radius 1 is 1.24 bits per heavy atom. The van der Waals surface area contributed by atoms with Crippen LogP contribution in [0.1, 0.15) is 23.1 Å². The van der Waals surface area contributed by atoms with Crippen LogP contribution < -0.4 is 10.6 Å². The van der Waals surface area contributed by atoms with Gasteiger partial charge in [0.15, 0.2) is 5.84 Å². The van der Waals surface area contributed by atoms with Crippen LogP contribution in [0.25, 0.3) is 0 Å². The fraction of sp³-hybridized carbons (Fsp3) is 0.250. The number of oxime groups is 1. The highest BCUT2D eigenvalue weighted by Crippen LogP contribution is 2.22. The van der Waals surface area contributed by atoms with Crippen molar-refractivity contribution in [1.82, 2.24) is 4.98 Å². The molecule has 0 radical (unpaired) electrons. The normalized spacial score (nSPS) is 15.4. The number of rotatable bonds is 2. The van der Waals surface area contributed by atoms with Crippen molar-refractivity contribution in [2.45, 2.75) is 19.4 Å². The van der Waals surface area contributed by atoms with E-state index in [2.05, 4.69) is 39.3 Å². The van der Waals surface area contributed by atoms with Gasteiger partial charge in [-0.25, -0.2) is 4.98 Å². The van der Waals surface area contributed by atoms with Crippen molar-refractivity contribution in [2.24, 2.45) is 10.9 Å². The number of aryl methyl sites for hydroxylation is 1. The zero-order chi connectivity index (χ0) is 14.7. The molecule has 0 amide bonds. The van der Waals surface area contributed by atoms with Crippen LogP contribution in [-0.4, -0.2) is 22.6 Å². The fourth-order valence-electron chi connectivity index (χ4n) is 2.70. The summed E-state index contributed by atoms with van der Waals surface area (Å²) < 4.78 is 0. The molecule has 0 saturated heterocycles. The number of nitrogens with two attached hydrogens (primary N) is 1. The maximum absolute atomic E-state index is 8.79. The molecule has 1 aromatic carbocycles. The Morgan fingerprint density at radius 2 is 2.05 bits per heavy atom. The predicted octanol–water partition coefficient (Wildman–Crippen LogP) is 2.13. The van der Waals surface area contributed by atoms with Crippen LogP contribution in [0.2, 0.25) is 0 Å². The zero-order valence-corrected chi connectivity index (χ0v) is 11.7. The largest absolute Gasteiger partial charge is 0.409 e. The minimum Gasteiger partial charge on any atom is -0.409 e. The Balaban J connectivity index is 1.91. The average molecular weight is 282 g/mol. The Kier molecular flexibility index (Phi) is 3.73. The van der Waals surface area contributed by atoms with Crippen molar-refractivity contribution < 1.29 is 5.21 Å². The molecule has 0 spiro atoms. The minimum atomic E-state index is 0.105. The lowest BCUT2D eigenvalue weighted by molar-refractivity contribution is 0.318. The summed E-state index contributed by atoms with van der Waals surface area (Å²) in [5.41, 5.74) is 9.08. The summed E-state index contributed by atoms with van der Waals surface area (Å²) in [6.45, 7) is 1.78. The maximum Gasteiger partial charge on any atom is 0.170 e. The van der Waals surface area contributed by atoms with Crippen LogP contribution in [0.15, 0.2) is 47.8 Å². The minimum absolute atomic E-state index is 0.105. The van der Waals surface area contributed by atoms with Crippen molar-refractivity contribution in [3.05, 3.63) is 59.3 Å². The van der Waals surface area contributed by atoms with Crippen LogP contribution in [0, 0.1) is 0 Å². The van der Waals surface area contributed by atoms with Crippen LogP contribution in [0.3, 0.4) is 0 Å². The van der Waals surface area contributed by atoms with E-state index < -0.39 is 0 Å². The molecule has 21 heavy (non-hydrogen) atoms. The first kappa shape index (κ1) is 13.4. The fourth-order valence-corrected chi connectivity index (χ4v) is 2.70. The Morgan fingerprint density at radius 3 is 2.86 bits per heavy atom. The standard InChI is InChI=1S/C16H18N4O/c17-16(19-21)13-7-8-18-15(10-13)20-9-3-6-12-4-1-2-5-14(12)11-20/h1-2,4-5,7-8,10,21H,3,6,9,11H2,(H2,17,19). The Labute approximate surface area is 123 Å². The van der Waals surface area contributed by atoms with E-state index in [0.29, 0.717) is 5.56 Å². The van der Waals surface area contributed by atoms with Gasteiger partial charge < -0.3 is 15.8 Å². The molecule has 1 aliphatic heterocycles. The van der Waals surface area contributed by atoms with Gasteiger partial charge in [-0.15, -0.1) is 0 Å².